The molecule has 1 atom stereocenters. The Bertz CT molecular complexity index is 420. The van der Waals surface area contributed by atoms with Gasteiger partial charge in [0.2, 0.25) is 0 Å². The lowest BCUT2D eigenvalue weighted by Gasteiger charge is -2.15. The molecule has 0 aliphatic carbocycles. The zero-order valence-electron chi connectivity index (χ0n) is 9.96. The highest BCUT2D eigenvalue weighted by Crippen LogP contribution is 2.16. The molecular weight excluding hydrogens is 238 g/mol. The summed E-state index contributed by atoms with van der Waals surface area (Å²) in [5.74, 6) is 5.88. The molecule has 0 amide bonds. The number of rotatable bonds is 7. The van der Waals surface area contributed by atoms with Gasteiger partial charge < -0.3 is 0 Å². The van der Waals surface area contributed by atoms with Gasteiger partial charge >= 0.3 is 0 Å². The van der Waals surface area contributed by atoms with E-state index in [1.165, 1.54) is 0 Å². The van der Waals surface area contributed by atoms with E-state index in [0.29, 0.717) is 12.8 Å². The van der Waals surface area contributed by atoms with Crippen LogP contribution in [0.15, 0.2) is 24.5 Å². The lowest BCUT2D eigenvalue weighted by Crippen LogP contribution is -2.28. The third-order valence-corrected chi connectivity index (χ3v) is 4.49. The van der Waals surface area contributed by atoms with Crippen molar-refractivity contribution in [3.63, 3.8) is 0 Å². The van der Waals surface area contributed by atoms with Crippen molar-refractivity contribution in [1.82, 2.24) is 10.4 Å². The Morgan fingerprint density at radius 1 is 1.41 bits per heavy atom. The summed E-state index contributed by atoms with van der Waals surface area (Å²) in [7, 11) is -2.89. The summed E-state index contributed by atoms with van der Waals surface area (Å²) in [5.41, 5.74) is 3.72. The van der Waals surface area contributed by atoms with Crippen LogP contribution in [0.1, 0.15) is 31.4 Å². The highest BCUT2D eigenvalue weighted by atomic mass is 32.2. The van der Waals surface area contributed by atoms with Crippen molar-refractivity contribution < 1.29 is 8.42 Å². The van der Waals surface area contributed by atoms with Crippen molar-refractivity contribution in [3.05, 3.63) is 30.1 Å². The first-order chi connectivity index (χ1) is 8.09. The summed E-state index contributed by atoms with van der Waals surface area (Å²) in [4.78, 5) is 3.93. The van der Waals surface area contributed by atoms with Crippen LogP contribution in [0.3, 0.4) is 0 Å². The standard InChI is InChI=1S/C11H19N3O2S/c1-2-17(15,16)9-3-4-11(14-12)10-5-7-13-8-6-10/h5-8,11,14H,2-4,9,12H2,1H3. The van der Waals surface area contributed by atoms with Crippen molar-refractivity contribution in [2.24, 2.45) is 5.84 Å². The van der Waals surface area contributed by atoms with Gasteiger partial charge in [-0.1, -0.05) is 6.92 Å². The molecule has 0 aliphatic heterocycles. The summed E-state index contributed by atoms with van der Waals surface area (Å²) in [6.45, 7) is 1.66. The molecule has 0 radical (unpaired) electrons. The molecule has 0 fully saturated rings. The number of sulfone groups is 1. The highest BCUT2D eigenvalue weighted by molar-refractivity contribution is 7.91. The van der Waals surface area contributed by atoms with Crippen molar-refractivity contribution in [3.8, 4) is 0 Å². The minimum absolute atomic E-state index is 0.0231. The summed E-state index contributed by atoms with van der Waals surface area (Å²) in [5, 5.41) is 0. The number of hydrogen-bond acceptors (Lipinski definition) is 5. The number of aromatic nitrogens is 1. The van der Waals surface area contributed by atoms with E-state index in [-0.39, 0.29) is 17.5 Å². The molecule has 0 spiro atoms. The van der Waals surface area contributed by atoms with Crippen LogP contribution < -0.4 is 11.3 Å². The molecule has 1 heterocycles. The summed E-state index contributed by atoms with van der Waals surface area (Å²) in [6.07, 6.45) is 4.69. The molecule has 1 rings (SSSR count). The second-order valence-electron chi connectivity index (χ2n) is 3.88. The van der Waals surface area contributed by atoms with Crippen LogP contribution in [-0.4, -0.2) is 24.9 Å². The number of hydrogen-bond donors (Lipinski definition) is 2. The maximum Gasteiger partial charge on any atom is 0.150 e. The van der Waals surface area contributed by atoms with E-state index in [0.717, 1.165) is 5.56 Å². The second kappa shape index (κ2) is 6.68. The van der Waals surface area contributed by atoms with E-state index < -0.39 is 9.84 Å². The third kappa shape index (κ3) is 4.80. The van der Waals surface area contributed by atoms with Crippen LogP contribution in [0, 0.1) is 0 Å². The van der Waals surface area contributed by atoms with Gasteiger partial charge in [0.15, 0.2) is 0 Å². The first-order valence-corrected chi connectivity index (χ1v) is 7.47. The van der Waals surface area contributed by atoms with Crippen molar-refractivity contribution >= 4 is 9.84 Å². The normalized spacial score (nSPS) is 13.5. The van der Waals surface area contributed by atoms with Gasteiger partial charge in [-0.15, -0.1) is 0 Å². The molecule has 96 valence electrons. The van der Waals surface area contributed by atoms with Gasteiger partial charge in [0.1, 0.15) is 9.84 Å². The second-order valence-corrected chi connectivity index (χ2v) is 6.35. The fourth-order valence-corrected chi connectivity index (χ4v) is 2.49. The number of nitrogens with zero attached hydrogens (tertiary/aromatic N) is 1. The summed E-state index contributed by atoms with van der Waals surface area (Å²) < 4.78 is 22.7. The molecule has 3 N–H and O–H groups in total. The number of nitrogens with one attached hydrogen (secondary N) is 1. The molecule has 0 aliphatic rings. The monoisotopic (exact) mass is 257 g/mol. The lowest BCUT2D eigenvalue weighted by atomic mass is 10.0. The Morgan fingerprint density at radius 2 is 2.06 bits per heavy atom. The molecule has 1 aromatic heterocycles. The minimum Gasteiger partial charge on any atom is -0.271 e. The van der Waals surface area contributed by atoms with Crippen LogP contribution in [0.25, 0.3) is 0 Å². The van der Waals surface area contributed by atoms with E-state index in [2.05, 4.69) is 10.4 Å². The number of pyridine rings is 1. The van der Waals surface area contributed by atoms with Gasteiger partial charge in [-0.2, -0.15) is 0 Å². The Hall–Kier alpha value is -0.980. The average Bonchev–Trinajstić information content (AvgIpc) is 2.36. The maximum absolute atomic E-state index is 11.3. The van der Waals surface area contributed by atoms with Gasteiger partial charge in [0.25, 0.3) is 0 Å². The van der Waals surface area contributed by atoms with Gasteiger partial charge in [-0.25, -0.2) is 8.42 Å². The van der Waals surface area contributed by atoms with Gasteiger partial charge in [0.05, 0.1) is 5.75 Å². The molecule has 5 nitrogen and oxygen atoms in total. The molecule has 0 saturated heterocycles. The smallest absolute Gasteiger partial charge is 0.150 e. The molecule has 0 aromatic carbocycles. The molecule has 1 unspecified atom stereocenters. The van der Waals surface area contributed by atoms with E-state index in [1.54, 1.807) is 19.3 Å². The van der Waals surface area contributed by atoms with Gasteiger partial charge in [-0.05, 0) is 30.5 Å². The van der Waals surface area contributed by atoms with Crippen LogP contribution in [-0.2, 0) is 9.84 Å². The third-order valence-electron chi connectivity index (χ3n) is 2.70. The zero-order chi connectivity index (χ0) is 12.7. The van der Waals surface area contributed by atoms with E-state index in [1.807, 2.05) is 12.1 Å². The van der Waals surface area contributed by atoms with Crippen LogP contribution in [0.2, 0.25) is 0 Å². The Morgan fingerprint density at radius 3 is 2.59 bits per heavy atom. The largest absolute Gasteiger partial charge is 0.271 e. The predicted octanol–water partition coefficient (Wildman–Crippen LogP) is 0.801. The fraction of sp³-hybridized carbons (Fsp3) is 0.545. The molecule has 0 bridgehead atoms. The fourth-order valence-electron chi connectivity index (χ4n) is 1.59. The van der Waals surface area contributed by atoms with Crippen molar-refractivity contribution in [2.75, 3.05) is 11.5 Å². The Balaban J connectivity index is 2.50. The van der Waals surface area contributed by atoms with Gasteiger partial charge in [-0.3, -0.25) is 16.3 Å². The summed E-state index contributed by atoms with van der Waals surface area (Å²) in [6, 6.07) is 3.72. The quantitative estimate of drug-likeness (QED) is 0.557. The molecule has 0 saturated carbocycles. The zero-order valence-corrected chi connectivity index (χ0v) is 10.8. The highest BCUT2D eigenvalue weighted by Gasteiger charge is 2.12. The lowest BCUT2D eigenvalue weighted by molar-refractivity contribution is 0.507. The molecule has 1 aromatic rings. The first kappa shape index (κ1) is 14.1. The van der Waals surface area contributed by atoms with Crippen molar-refractivity contribution in [2.45, 2.75) is 25.8 Å². The topological polar surface area (TPSA) is 85.1 Å². The molecular formula is C11H19N3O2S. The predicted molar refractivity (Wildman–Crippen MR) is 67.9 cm³/mol. The minimum atomic E-state index is -2.89. The Labute approximate surface area is 102 Å². The van der Waals surface area contributed by atoms with E-state index in [4.69, 9.17) is 5.84 Å². The van der Waals surface area contributed by atoms with Crippen LogP contribution >= 0.6 is 0 Å². The van der Waals surface area contributed by atoms with E-state index >= 15 is 0 Å². The first-order valence-electron chi connectivity index (χ1n) is 5.65. The Kier molecular flexibility index (Phi) is 5.54. The number of hydrazine groups is 1. The van der Waals surface area contributed by atoms with Crippen molar-refractivity contribution in [1.29, 1.82) is 0 Å². The van der Waals surface area contributed by atoms with Crippen LogP contribution in [0.4, 0.5) is 0 Å². The van der Waals surface area contributed by atoms with E-state index in [9.17, 15) is 8.42 Å². The SMILES string of the molecule is CCS(=O)(=O)CCCC(NN)c1ccncc1. The average molecular weight is 257 g/mol. The molecule has 6 heteroatoms. The maximum atomic E-state index is 11.3. The number of nitrogens with two attached hydrogens (primary N) is 1. The van der Waals surface area contributed by atoms with Gasteiger partial charge in [0, 0.05) is 24.2 Å². The molecule has 17 heavy (non-hydrogen) atoms. The summed E-state index contributed by atoms with van der Waals surface area (Å²) >= 11 is 0. The van der Waals surface area contributed by atoms with Crippen LogP contribution in [0.5, 0.6) is 0 Å².